The second-order valence-electron chi connectivity index (χ2n) is 15.1. The number of ether oxygens (including phenoxy) is 2. The summed E-state index contributed by atoms with van der Waals surface area (Å²) in [5.74, 6) is -2.98. The molecular formula is C36H43N11O8S2. The number of tetrazole rings is 1. The summed E-state index contributed by atoms with van der Waals surface area (Å²) in [4.78, 5) is 67.7. The van der Waals surface area contributed by atoms with Gasteiger partial charge in [-0.25, -0.2) is 24.2 Å². The third-order valence-corrected chi connectivity index (χ3v) is 11.5. The number of amides is 4. The molecule has 5 atom stereocenters. The maximum Gasteiger partial charge on any atom is 0.408 e. The number of benzene rings is 1. The molecule has 302 valence electrons. The van der Waals surface area contributed by atoms with E-state index in [0.717, 1.165) is 17.7 Å². The average molecular weight is 822 g/mol. The lowest BCUT2D eigenvalue weighted by Crippen LogP contribution is -2.58. The maximum atomic E-state index is 14.6. The van der Waals surface area contributed by atoms with Gasteiger partial charge in [0.2, 0.25) is 17.7 Å². The number of fused-ring (bicyclic) bond motifs is 3. The molecular weight excluding hydrogens is 779 g/mol. The molecule has 1 saturated heterocycles. The van der Waals surface area contributed by atoms with E-state index < -0.39 is 75.2 Å². The van der Waals surface area contributed by atoms with E-state index in [1.807, 2.05) is 51.2 Å². The lowest BCUT2D eigenvalue weighted by molar-refractivity contribution is -0.141. The molecule has 1 saturated carbocycles. The summed E-state index contributed by atoms with van der Waals surface area (Å²) in [5, 5.41) is 20.0. The molecule has 1 unspecified atom stereocenters. The highest BCUT2D eigenvalue weighted by Crippen LogP contribution is 2.46. The van der Waals surface area contributed by atoms with Crippen molar-refractivity contribution in [2.45, 2.75) is 95.0 Å². The van der Waals surface area contributed by atoms with Gasteiger partial charge in [0.1, 0.15) is 35.0 Å². The largest absolute Gasteiger partial charge is 0.471 e. The van der Waals surface area contributed by atoms with Crippen LogP contribution in [-0.2, 0) is 29.3 Å². The second kappa shape index (κ2) is 16.0. The van der Waals surface area contributed by atoms with Crippen molar-refractivity contribution < 1.29 is 37.1 Å². The number of para-hydroxylation sites is 2. The first-order chi connectivity index (χ1) is 27.2. The van der Waals surface area contributed by atoms with Gasteiger partial charge in [0.05, 0.1) is 22.5 Å². The normalized spacial score (nSPS) is 24.9. The van der Waals surface area contributed by atoms with Gasteiger partial charge in [-0.1, -0.05) is 48.3 Å². The molecule has 1 aliphatic carbocycles. The number of carbonyl (C=O) groups excluding carboxylic acids is 4. The number of hydrogen-bond acceptors (Lipinski definition) is 14. The number of allylic oxidation sites excluding steroid dienone is 1. The SMILES string of the molecule is CC(C)(C)OC(=O)N[C@H]1CCCCC/C=C\C2C[C@@]2(C(=O)NS(=O)(=O)Nc2nn[nH]n2)NC(=O)[C@@H]2C[C@@H](Oc3nc4ccccc4nc3-c3cccs3)CN2C1=O. The zero-order chi connectivity index (χ0) is 40.4. The molecule has 0 bridgehead atoms. The van der Waals surface area contributed by atoms with E-state index in [1.165, 1.54) is 16.2 Å². The number of aromatic nitrogens is 6. The van der Waals surface area contributed by atoms with Crippen LogP contribution in [0.2, 0.25) is 0 Å². The first kappa shape index (κ1) is 39.5. The minimum atomic E-state index is -4.55. The summed E-state index contributed by atoms with van der Waals surface area (Å²) in [6, 6.07) is 8.86. The minimum absolute atomic E-state index is 0.0228. The lowest BCUT2D eigenvalue weighted by Gasteiger charge is -2.30. The Morgan fingerprint density at radius 2 is 1.84 bits per heavy atom. The molecule has 7 rings (SSSR count). The average Bonchev–Trinajstić information content (AvgIpc) is 3.63. The van der Waals surface area contributed by atoms with Crippen molar-refractivity contribution in [2.24, 2.45) is 5.92 Å². The Morgan fingerprint density at radius 3 is 2.56 bits per heavy atom. The summed E-state index contributed by atoms with van der Waals surface area (Å²) >= 11 is 1.45. The molecule has 4 amide bonds. The Labute approximate surface area is 331 Å². The van der Waals surface area contributed by atoms with Gasteiger partial charge in [0, 0.05) is 12.3 Å². The van der Waals surface area contributed by atoms with Gasteiger partial charge in [-0.3, -0.25) is 14.4 Å². The summed E-state index contributed by atoms with van der Waals surface area (Å²) in [5.41, 5.74) is -0.769. The number of carbonyl (C=O) groups is 4. The van der Waals surface area contributed by atoms with E-state index >= 15 is 0 Å². The summed E-state index contributed by atoms with van der Waals surface area (Å²) in [7, 11) is -4.55. The van der Waals surface area contributed by atoms with Crippen molar-refractivity contribution in [2.75, 3.05) is 11.3 Å². The van der Waals surface area contributed by atoms with Crippen molar-refractivity contribution >= 4 is 62.3 Å². The second-order valence-corrected chi connectivity index (χ2v) is 17.5. The Morgan fingerprint density at radius 1 is 1.05 bits per heavy atom. The summed E-state index contributed by atoms with van der Waals surface area (Å²) < 4.78 is 41.9. The zero-order valence-corrected chi connectivity index (χ0v) is 33.1. The van der Waals surface area contributed by atoms with E-state index in [-0.39, 0.29) is 31.7 Å². The number of anilines is 1. The Hall–Kier alpha value is -5.70. The fourth-order valence-corrected chi connectivity index (χ4v) is 8.49. The lowest BCUT2D eigenvalue weighted by atomic mass is 10.0. The summed E-state index contributed by atoms with van der Waals surface area (Å²) in [6.07, 6.45) is 5.15. The topological polar surface area (TPSA) is 252 Å². The molecule has 1 aromatic carbocycles. The van der Waals surface area contributed by atoms with Gasteiger partial charge in [0.15, 0.2) is 0 Å². The maximum absolute atomic E-state index is 14.6. The van der Waals surface area contributed by atoms with Crippen LogP contribution in [0.5, 0.6) is 5.88 Å². The van der Waals surface area contributed by atoms with Gasteiger partial charge in [-0.05, 0) is 75.2 Å². The first-order valence-electron chi connectivity index (χ1n) is 18.5. The molecule has 19 nitrogen and oxygen atoms in total. The molecule has 3 aromatic heterocycles. The fourth-order valence-electron chi connectivity index (χ4n) is 6.98. The van der Waals surface area contributed by atoms with E-state index in [9.17, 15) is 27.6 Å². The number of thiophene rings is 1. The van der Waals surface area contributed by atoms with Crippen molar-refractivity contribution in [3.8, 4) is 16.5 Å². The van der Waals surface area contributed by atoms with Crippen LogP contribution < -0.4 is 24.8 Å². The highest BCUT2D eigenvalue weighted by molar-refractivity contribution is 7.91. The van der Waals surface area contributed by atoms with Crippen LogP contribution in [-0.4, -0.2) is 104 Å². The minimum Gasteiger partial charge on any atom is -0.471 e. The Bertz CT molecular complexity index is 2260. The van der Waals surface area contributed by atoms with Crippen LogP contribution in [0.25, 0.3) is 21.6 Å². The van der Waals surface area contributed by atoms with Crippen LogP contribution >= 0.6 is 11.3 Å². The number of H-pyrrole nitrogens is 1. The molecule has 2 fully saturated rings. The van der Waals surface area contributed by atoms with Gasteiger partial charge in [-0.2, -0.15) is 13.6 Å². The monoisotopic (exact) mass is 821 g/mol. The van der Waals surface area contributed by atoms with Gasteiger partial charge < -0.3 is 25.0 Å². The molecule has 3 aliphatic rings. The van der Waals surface area contributed by atoms with Crippen LogP contribution in [0.4, 0.5) is 10.7 Å². The predicted octanol–water partition coefficient (Wildman–Crippen LogP) is 2.98. The van der Waals surface area contributed by atoms with Gasteiger partial charge in [0.25, 0.3) is 11.9 Å². The number of hydrogen-bond donors (Lipinski definition) is 5. The highest BCUT2D eigenvalue weighted by atomic mass is 32.2. The third-order valence-electron chi connectivity index (χ3n) is 9.71. The number of aromatic amines is 1. The van der Waals surface area contributed by atoms with Crippen LogP contribution in [0.15, 0.2) is 53.9 Å². The van der Waals surface area contributed by atoms with E-state index in [0.29, 0.717) is 29.6 Å². The highest BCUT2D eigenvalue weighted by Gasteiger charge is 2.61. The van der Waals surface area contributed by atoms with Crippen LogP contribution in [0.3, 0.4) is 0 Å². The number of nitrogens with zero attached hydrogens (tertiary/aromatic N) is 6. The van der Waals surface area contributed by atoms with E-state index in [1.54, 1.807) is 32.9 Å². The summed E-state index contributed by atoms with van der Waals surface area (Å²) in [6.45, 7) is 5.06. The molecule has 4 aromatic rings. The smallest absolute Gasteiger partial charge is 0.408 e. The first-order valence-corrected chi connectivity index (χ1v) is 20.9. The number of rotatable bonds is 8. The van der Waals surface area contributed by atoms with E-state index in [2.05, 4.69) is 31.3 Å². The van der Waals surface area contributed by atoms with Crippen LogP contribution in [0.1, 0.15) is 65.7 Å². The van der Waals surface area contributed by atoms with Gasteiger partial charge >= 0.3 is 16.3 Å². The molecule has 0 radical (unpaired) electrons. The molecule has 5 N–H and O–H groups in total. The molecule has 2 aliphatic heterocycles. The van der Waals surface area contributed by atoms with Crippen LogP contribution in [0, 0.1) is 5.92 Å². The van der Waals surface area contributed by atoms with Crippen molar-refractivity contribution in [3.05, 3.63) is 53.9 Å². The standard InChI is InChI=1S/C36H43N11O8S2/c1-35(2,3)55-34(51)39-25-15-8-6-4-5-7-12-21-19-36(21,32(50)43-57(52,53)44-33-41-45-46-42-33)40-29(48)26-18-22(20-47(26)31(25)49)54-30-28(27-16-11-17-56-27)37-23-13-9-10-14-24(23)38-30/h7,9-14,16-17,21-22,25-26H,4-6,8,15,18-20H2,1-3H3,(H,39,51)(H,40,48)(H,43,50)(H2,41,42,44,45,46)/b12-7-/t21?,22-,25+,26+,36-/m1/s1. The molecule has 0 spiro atoms. The third kappa shape index (κ3) is 9.30. The van der Waals surface area contributed by atoms with Gasteiger partial charge in [-0.15, -0.1) is 16.4 Å². The zero-order valence-electron chi connectivity index (χ0n) is 31.4. The molecule has 57 heavy (non-hydrogen) atoms. The molecule has 5 heterocycles. The Balaban J connectivity index is 1.21. The molecule has 21 heteroatoms. The number of alkyl carbamates (subject to hydrolysis) is 1. The predicted molar refractivity (Wildman–Crippen MR) is 207 cm³/mol. The Kier molecular flexibility index (Phi) is 11.1. The van der Waals surface area contributed by atoms with Crippen molar-refractivity contribution in [3.63, 3.8) is 0 Å². The van der Waals surface area contributed by atoms with E-state index in [4.69, 9.17) is 19.4 Å². The van der Waals surface area contributed by atoms with Crippen molar-refractivity contribution in [1.82, 2.24) is 50.8 Å². The van der Waals surface area contributed by atoms with Crippen molar-refractivity contribution in [1.29, 1.82) is 0 Å². The quantitative estimate of drug-likeness (QED) is 0.161. The number of nitrogens with one attached hydrogen (secondary N) is 5. The fraction of sp³-hybridized carbons (Fsp3) is 0.472.